The number of hydrogen-bond acceptors (Lipinski definition) is 5. The molecule has 0 aromatic heterocycles. The molecule has 0 aromatic rings. The topological polar surface area (TPSA) is 95.9 Å². The molecule has 6 heteroatoms. The molecule has 0 aromatic carbocycles. The van der Waals surface area contributed by atoms with Gasteiger partial charge in [-0.25, -0.2) is 0 Å². The summed E-state index contributed by atoms with van der Waals surface area (Å²) in [7, 11) is 0. The molecule has 0 radical (unpaired) electrons. The number of aliphatic hydroxyl groups is 2. The van der Waals surface area contributed by atoms with E-state index < -0.39 is 18.2 Å². The number of carbonyl (C=O) groups is 2. The van der Waals surface area contributed by atoms with E-state index in [1.54, 1.807) is 0 Å². The summed E-state index contributed by atoms with van der Waals surface area (Å²) in [5, 5.41) is 23.7. The summed E-state index contributed by atoms with van der Waals surface area (Å²) < 4.78 is 5.92. The average Bonchev–Trinajstić information content (AvgIpc) is 3.24. The van der Waals surface area contributed by atoms with Crippen molar-refractivity contribution in [1.29, 1.82) is 0 Å². The number of esters is 1. The average molecular weight is 846 g/mol. The van der Waals surface area contributed by atoms with E-state index in [4.69, 9.17) is 4.74 Å². The van der Waals surface area contributed by atoms with Crippen molar-refractivity contribution in [3.8, 4) is 0 Å². The summed E-state index contributed by atoms with van der Waals surface area (Å²) in [6.45, 7) is 6.47. The standard InChI is InChI=1S/C54H103NO5/c1-4-7-10-13-16-19-22-24-25-26-27-28-29-30-32-35-38-41-44-47-54(59)60-50(45-42-39-36-33-31-23-20-17-14-11-8-5-2)48-53(58)55-51(49-56)52(57)46-43-40-37-34-21-18-15-12-9-6-3/h24-25,33,36,50-52,56-57H,4-23,26-32,34-35,37-49H2,1-3H3,(H,55,58)/b25-24+,36-33-. The third-order valence-corrected chi connectivity index (χ3v) is 12.3. The summed E-state index contributed by atoms with van der Waals surface area (Å²) in [5.74, 6) is -0.494. The highest BCUT2D eigenvalue weighted by Crippen LogP contribution is 2.17. The fraction of sp³-hybridized carbons (Fsp3) is 0.889. The second-order valence-electron chi connectivity index (χ2n) is 18.3. The van der Waals surface area contributed by atoms with Gasteiger partial charge < -0.3 is 20.3 Å². The Labute approximate surface area is 373 Å². The van der Waals surface area contributed by atoms with Crippen LogP contribution in [0.3, 0.4) is 0 Å². The second kappa shape index (κ2) is 48.4. The Hall–Kier alpha value is -1.66. The first-order chi connectivity index (χ1) is 29.5. The first-order valence-corrected chi connectivity index (χ1v) is 26.6. The number of aliphatic hydroxyl groups excluding tert-OH is 2. The molecule has 0 heterocycles. The zero-order chi connectivity index (χ0) is 43.8. The molecule has 3 N–H and O–H groups in total. The Morgan fingerprint density at radius 2 is 0.817 bits per heavy atom. The number of allylic oxidation sites excluding steroid dienone is 4. The summed E-state index contributed by atoms with van der Waals surface area (Å²) in [4.78, 5) is 26.1. The van der Waals surface area contributed by atoms with E-state index in [2.05, 4.69) is 50.4 Å². The van der Waals surface area contributed by atoms with Crippen LogP contribution in [0.1, 0.15) is 284 Å². The zero-order valence-corrected chi connectivity index (χ0v) is 40.4. The fourth-order valence-electron chi connectivity index (χ4n) is 8.19. The van der Waals surface area contributed by atoms with Gasteiger partial charge in [0.05, 0.1) is 25.2 Å². The van der Waals surface area contributed by atoms with Crippen molar-refractivity contribution in [2.45, 2.75) is 302 Å². The molecular weight excluding hydrogens is 743 g/mol. The number of amides is 1. The van der Waals surface area contributed by atoms with Crippen molar-refractivity contribution in [1.82, 2.24) is 5.32 Å². The molecule has 6 nitrogen and oxygen atoms in total. The van der Waals surface area contributed by atoms with E-state index in [1.165, 1.54) is 180 Å². The van der Waals surface area contributed by atoms with Gasteiger partial charge in [-0.3, -0.25) is 9.59 Å². The first kappa shape index (κ1) is 58.3. The third kappa shape index (κ3) is 43.0. The van der Waals surface area contributed by atoms with Gasteiger partial charge >= 0.3 is 5.97 Å². The van der Waals surface area contributed by atoms with Gasteiger partial charge in [0.2, 0.25) is 5.91 Å². The molecule has 60 heavy (non-hydrogen) atoms. The minimum Gasteiger partial charge on any atom is -0.462 e. The van der Waals surface area contributed by atoms with Gasteiger partial charge in [-0.2, -0.15) is 0 Å². The van der Waals surface area contributed by atoms with Crippen LogP contribution in [-0.4, -0.2) is 46.9 Å². The van der Waals surface area contributed by atoms with Crippen LogP contribution < -0.4 is 5.32 Å². The summed E-state index contributed by atoms with van der Waals surface area (Å²) in [5.41, 5.74) is 0. The van der Waals surface area contributed by atoms with Crippen molar-refractivity contribution in [2.75, 3.05) is 6.61 Å². The van der Waals surface area contributed by atoms with E-state index in [1.807, 2.05) is 0 Å². The van der Waals surface area contributed by atoms with Crippen molar-refractivity contribution < 1.29 is 24.5 Å². The zero-order valence-electron chi connectivity index (χ0n) is 40.4. The smallest absolute Gasteiger partial charge is 0.306 e. The highest BCUT2D eigenvalue weighted by molar-refractivity contribution is 5.77. The highest BCUT2D eigenvalue weighted by Gasteiger charge is 2.24. The van der Waals surface area contributed by atoms with Crippen LogP contribution in [0, 0.1) is 0 Å². The molecule has 3 unspecified atom stereocenters. The Bertz CT molecular complexity index is 950. The number of ether oxygens (including phenoxy) is 1. The molecule has 0 fully saturated rings. The van der Waals surface area contributed by atoms with Crippen molar-refractivity contribution in [2.24, 2.45) is 0 Å². The fourth-order valence-corrected chi connectivity index (χ4v) is 8.19. The van der Waals surface area contributed by atoms with Crippen LogP contribution >= 0.6 is 0 Å². The minimum absolute atomic E-state index is 0.0600. The van der Waals surface area contributed by atoms with E-state index in [0.717, 1.165) is 57.8 Å². The molecule has 0 rings (SSSR count). The lowest BCUT2D eigenvalue weighted by molar-refractivity contribution is -0.151. The molecule has 0 saturated carbocycles. The van der Waals surface area contributed by atoms with Crippen LogP contribution in [0.5, 0.6) is 0 Å². The minimum atomic E-state index is -0.790. The third-order valence-electron chi connectivity index (χ3n) is 12.3. The molecule has 354 valence electrons. The predicted molar refractivity (Wildman–Crippen MR) is 260 cm³/mol. The largest absolute Gasteiger partial charge is 0.462 e. The predicted octanol–water partition coefficient (Wildman–Crippen LogP) is 15.9. The lowest BCUT2D eigenvalue weighted by Crippen LogP contribution is -2.46. The summed E-state index contributed by atoms with van der Waals surface area (Å²) in [6, 6.07) is -0.705. The van der Waals surface area contributed by atoms with Gasteiger partial charge in [-0.15, -0.1) is 0 Å². The first-order valence-electron chi connectivity index (χ1n) is 26.6. The Morgan fingerprint density at radius 3 is 1.22 bits per heavy atom. The molecule has 0 bridgehead atoms. The van der Waals surface area contributed by atoms with E-state index in [-0.39, 0.29) is 24.9 Å². The summed E-state index contributed by atoms with van der Waals surface area (Å²) in [6.07, 6.45) is 55.3. The number of hydrogen-bond donors (Lipinski definition) is 3. The number of carbonyl (C=O) groups excluding carboxylic acids is 2. The molecule has 0 aliphatic rings. The SMILES string of the molecule is CCCCCCCC/C=C/CCCCCCCCCCCC(=O)OC(CCC/C=C\CCCCCCCCC)CC(=O)NC(CO)C(O)CCCCCCCCCCCC. The molecule has 0 aliphatic heterocycles. The van der Waals surface area contributed by atoms with Gasteiger partial charge in [0.1, 0.15) is 6.10 Å². The Morgan fingerprint density at radius 1 is 0.467 bits per heavy atom. The number of rotatable bonds is 48. The monoisotopic (exact) mass is 846 g/mol. The maximum atomic E-state index is 13.2. The van der Waals surface area contributed by atoms with E-state index >= 15 is 0 Å². The lowest BCUT2D eigenvalue weighted by Gasteiger charge is -2.24. The molecule has 0 spiro atoms. The van der Waals surface area contributed by atoms with Crippen molar-refractivity contribution in [3.63, 3.8) is 0 Å². The lowest BCUT2D eigenvalue weighted by atomic mass is 10.0. The molecular formula is C54H103NO5. The Kier molecular flexibility index (Phi) is 47.0. The molecule has 0 saturated heterocycles. The molecule has 3 atom stereocenters. The van der Waals surface area contributed by atoms with Gasteiger partial charge in [-0.05, 0) is 70.6 Å². The van der Waals surface area contributed by atoms with Crippen LogP contribution in [0.4, 0.5) is 0 Å². The van der Waals surface area contributed by atoms with Gasteiger partial charge in [0.15, 0.2) is 0 Å². The highest BCUT2D eigenvalue weighted by atomic mass is 16.5. The van der Waals surface area contributed by atoms with Crippen LogP contribution in [0.15, 0.2) is 24.3 Å². The van der Waals surface area contributed by atoms with Crippen molar-refractivity contribution >= 4 is 11.9 Å². The quantitative estimate of drug-likeness (QED) is 0.0322. The number of nitrogens with one attached hydrogen (secondary N) is 1. The summed E-state index contributed by atoms with van der Waals surface area (Å²) >= 11 is 0. The van der Waals surface area contributed by atoms with Crippen LogP contribution in [0.2, 0.25) is 0 Å². The second-order valence-corrected chi connectivity index (χ2v) is 18.3. The van der Waals surface area contributed by atoms with Crippen molar-refractivity contribution in [3.05, 3.63) is 24.3 Å². The van der Waals surface area contributed by atoms with E-state index in [9.17, 15) is 19.8 Å². The van der Waals surface area contributed by atoms with Gasteiger partial charge in [0.25, 0.3) is 0 Å². The van der Waals surface area contributed by atoms with Gasteiger partial charge in [-0.1, -0.05) is 225 Å². The molecule has 0 aliphatic carbocycles. The Balaban J connectivity index is 4.49. The van der Waals surface area contributed by atoms with Crippen LogP contribution in [-0.2, 0) is 14.3 Å². The maximum Gasteiger partial charge on any atom is 0.306 e. The van der Waals surface area contributed by atoms with E-state index in [0.29, 0.717) is 19.3 Å². The normalized spacial score (nSPS) is 13.3. The van der Waals surface area contributed by atoms with Gasteiger partial charge in [0, 0.05) is 6.42 Å². The maximum absolute atomic E-state index is 13.2. The molecule has 1 amide bonds. The number of unbranched alkanes of at least 4 members (excludes halogenated alkanes) is 32. The van der Waals surface area contributed by atoms with Crippen LogP contribution in [0.25, 0.3) is 0 Å².